The number of hydrogen-bond donors (Lipinski definition) is 2. The molecule has 2 N–H and O–H groups in total. The summed E-state index contributed by atoms with van der Waals surface area (Å²) in [7, 11) is 0. The molecule has 2 aromatic heterocycles. The van der Waals surface area contributed by atoms with E-state index in [9.17, 15) is 9.59 Å². The number of nitrogens with zero attached hydrogens (tertiary/aromatic N) is 4. The summed E-state index contributed by atoms with van der Waals surface area (Å²) in [4.78, 5) is 38.7. The lowest BCUT2D eigenvalue weighted by Crippen LogP contribution is -2.49. The summed E-state index contributed by atoms with van der Waals surface area (Å²) in [5.74, 6) is 0.890. The fourth-order valence-corrected chi connectivity index (χ4v) is 4.22. The normalized spacial score (nSPS) is 14.2. The van der Waals surface area contributed by atoms with Crippen LogP contribution in [0.15, 0.2) is 42.0 Å². The molecule has 0 radical (unpaired) electrons. The topological polar surface area (TPSA) is 90.5 Å². The molecule has 3 amide bonds. The van der Waals surface area contributed by atoms with Gasteiger partial charge in [0.15, 0.2) is 0 Å². The fraction of sp³-hybridized carbons (Fsp3) is 0.333. The lowest BCUT2D eigenvalue weighted by atomic mass is 10.1. The molecule has 1 saturated heterocycles. The van der Waals surface area contributed by atoms with Crippen LogP contribution in [0.25, 0.3) is 10.2 Å². The van der Waals surface area contributed by atoms with Gasteiger partial charge in [0.05, 0.1) is 5.39 Å². The number of fused-ring (bicyclic) bond motifs is 1. The number of nitrogens with one attached hydrogen (secondary N) is 2. The molecule has 4 rings (SSSR count). The van der Waals surface area contributed by atoms with Crippen LogP contribution in [-0.2, 0) is 0 Å². The second-order valence-corrected chi connectivity index (χ2v) is 8.34. The first-order valence-corrected chi connectivity index (χ1v) is 10.8. The number of benzene rings is 1. The predicted octanol–water partition coefficient (Wildman–Crippen LogP) is 3.18. The maximum Gasteiger partial charge on any atom is 0.319 e. The molecular formula is C21H24N6O2S. The SMILES string of the molecule is CC(C)NC(=O)Nc1cccc(C(=O)N2CCN(c3ncnc4sccc34)CC2)c1. The van der Waals surface area contributed by atoms with E-state index >= 15 is 0 Å². The van der Waals surface area contributed by atoms with Gasteiger partial charge in [-0.2, -0.15) is 0 Å². The molecule has 1 aromatic carbocycles. The molecule has 0 aliphatic carbocycles. The van der Waals surface area contributed by atoms with E-state index in [2.05, 4.69) is 25.5 Å². The summed E-state index contributed by atoms with van der Waals surface area (Å²) >= 11 is 1.60. The lowest BCUT2D eigenvalue weighted by molar-refractivity contribution is 0.0746. The van der Waals surface area contributed by atoms with Crippen LogP contribution in [0.1, 0.15) is 24.2 Å². The van der Waals surface area contributed by atoms with Crippen molar-refractivity contribution in [3.05, 3.63) is 47.6 Å². The number of amides is 3. The summed E-state index contributed by atoms with van der Waals surface area (Å²) in [6, 6.07) is 8.84. The summed E-state index contributed by atoms with van der Waals surface area (Å²) in [5.41, 5.74) is 1.16. The van der Waals surface area contributed by atoms with Gasteiger partial charge in [-0.1, -0.05) is 6.07 Å². The maximum absolute atomic E-state index is 13.0. The third-order valence-corrected chi connectivity index (χ3v) is 5.72. The zero-order valence-electron chi connectivity index (χ0n) is 17.0. The Morgan fingerprint density at radius 2 is 1.90 bits per heavy atom. The van der Waals surface area contributed by atoms with Crippen molar-refractivity contribution in [1.29, 1.82) is 0 Å². The molecule has 9 heteroatoms. The van der Waals surface area contributed by atoms with Crippen LogP contribution in [0.3, 0.4) is 0 Å². The molecule has 0 bridgehead atoms. The fourth-order valence-electron chi connectivity index (χ4n) is 3.49. The maximum atomic E-state index is 13.0. The zero-order chi connectivity index (χ0) is 21.1. The highest BCUT2D eigenvalue weighted by molar-refractivity contribution is 7.16. The van der Waals surface area contributed by atoms with E-state index in [1.807, 2.05) is 30.2 Å². The molecule has 3 aromatic rings. The Labute approximate surface area is 178 Å². The highest BCUT2D eigenvalue weighted by Gasteiger charge is 2.24. The van der Waals surface area contributed by atoms with Crippen LogP contribution in [0.2, 0.25) is 0 Å². The van der Waals surface area contributed by atoms with Crippen LogP contribution in [0.4, 0.5) is 16.3 Å². The Kier molecular flexibility index (Phi) is 5.80. The van der Waals surface area contributed by atoms with Crippen molar-refractivity contribution < 1.29 is 9.59 Å². The number of aromatic nitrogens is 2. The molecule has 8 nitrogen and oxygen atoms in total. The number of urea groups is 1. The van der Waals surface area contributed by atoms with Crippen LogP contribution < -0.4 is 15.5 Å². The minimum atomic E-state index is -0.284. The van der Waals surface area contributed by atoms with Crippen molar-refractivity contribution in [3.63, 3.8) is 0 Å². The number of thiophene rings is 1. The van der Waals surface area contributed by atoms with Gasteiger partial charge in [-0.05, 0) is 43.5 Å². The van der Waals surface area contributed by atoms with Crippen LogP contribution >= 0.6 is 11.3 Å². The molecule has 0 unspecified atom stereocenters. The summed E-state index contributed by atoms with van der Waals surface area (Å²) in [6.07, 6.45) is 1.60. The van der Waals surface area contributed by atoms with Crippen molar-refractivity contribution in [1.82, 2.24) is 20.2 Å². The Bertz CT molecular complexity index is 1060. The molecule has 1 fully saturated rings. The minimum Gasteiger partial charge on any atom is -0.352 e. The highest BCUT2D eigenvalue weighted by Crippen LogP contribution is 2.27. The van der Waals surface area contributed by atoms with E-state index < -0.39 is 0 Å². The second kappa shape index (κ2) is 8.66. The van der Waals surface area contributed by atoms with Gasteiger partial charge in [-0.3, -0.25) is 4.79 Å². The molecular weight excluding hydrogens is 400 g/mol. The average molecular weight is 425 g/mol. The predicted molar refractivity (Wildman–Crippen MR) is 119 cm³/mol. The van der Waals surface area contributed by atoms with Gasteiger partial charge in [-0.25, -0.2) is 14.8 Å². The van der Waals surface area contributed by atoms with E-state index in [1.165, 1.54) is 0 Å². The molecule has 30 heavy (non-hydrogen) atoms. The first-order chi connectivity index (χ1) is 14.5. The van der Waals surface area contributed by atoms with Crippen LogP contribution in [-0.4, -0.2) is 59.0 Å². The largest absolute Gasteiger partial charge is 0.352 e. The highest BCUT2D eigenvalue weighted by atomic mass is 32.1. The van der Waals surface area contributed by atoms with Gasteiger partial charge in [-0.15, -0.1) is 11.3 Å². The zero-order valence-corrected chi connectivity index (χ0v) is 17.8. The number of hydrogen-bond acceptors (Lipinski definition) is 6. The van der Waals surface area contributed by atoms with Gasteiger partial charge >= 0.3 is 6.03 Å². The number of carbonyl (C=O) groups is 2. The van der Waals surface area contributed by atoms with Crippen molar-refractivity contribution in [2.75, 3.05) is 36.4 Å². The Morgan fingerprint density at radius 3 is 2.67 bits per heavy atom. The summed E-state index contributed by atoms with van der Waals surface area (Å²) in [6.45, 7) is 6.43. The standard InChI is InChI=1S/C21H24N6O2S/c1-14(2)24-21(29)25-16-5-3-4-15(12-16)20(28)27-9-7-26(8-10-27)18-17-6-11-30-19(17)23-13-22-18/h3-6,11-14H,7-10H2,1-2H3,(H2,24,25,29). The summed E-state index contributed by atoms with van der Waals surface area (Å²) < 4.78 is 0. The Morgan fingerprint density at radius 1 is 1.10 bits per heavy atom. The van der Waals surface area contributed by atoms with Gasteiger partial charge in [0.1, 0.15) is 17.0 Å². The van der Waals surface area contributed by atoms with Crippen LogP contribution in [0, 0.1) is 0 Å². The van der Waals surface area contributed by atoms with Gasteiger partial charge in [0.25, 0.3) is 5.91 Å². The van der Waals surface area contributed by atoms with Crippen molar-refractivity contribution >= 4 is 45.0 Å². The molecule has 0 saturated carbocycles. The second-order valence-electron chi connectivity index (χ2n) is 7.45. The smallest absolute Gasteiger partial charge is 0.319 e. The van der Waals surface area contributed by atoms with Crippen LogP contribution in [0.5, 0.6) is 0 Å². The Hall–Kier alpha value is -3.20. The van der Waals surface area contributed by atoms with E-state index in [-0.39, 0.29) is 18.0 Å². The van der Waals surface area contributed by atoms with Gasteiger partial charge in [0.2, 0.25) is 0 Å². The third kappa shape index (κ3) is 4.35. The Balaban J connectivity index is 1.40. The molecule has 156 valence electrons. The monoisotopic (exact) mass is 424 g/mol. The van der Waals surface area contributed by atoms with E-state index in [0.29, 0.717) is 37.4 Å². The minimum absolute atomic E-state index is 0.0362. The number of piperazine rings is 1. The molecule has 3 heterocycles. The van der Waals surface area contributed by atoms with E-state index in [1.54, 1.807) is 41.9 Å². The summed E-state index contributed by atoms with van der Waals surface area (Å²) in [5, 5.41) is 8.62. The molecule has 0 atom stereocenters. The van der Waals surface area contributed by atoms with Crippen molar-refractivity contribution in [3.8, 4) is 0 Å². The van der Waals surface area contributed by atoms with E-state index in [4.69, 9.17) is 0 Å². The number of carbonyl (C=O) groups excluding carboxylic acids is 2. The molecule has 1 aliphatic rings. The van der Waals surface area contributed by atoms with Crippen molar-refractivity contribution in [2.45, 2.75) is 19.9 Å². The number of rotatable bonds is 4. The van der Waals surface area contributed by atoms with Gasteiger partial charge in [0, 0.05) is 43.5 Å². The van der Waals surface area contributed by atoms with Crippen molar-refractivity contribution in [2.24, 2.45) is 0 Å². The first-order valence-electron chi connectivity index (χ1n) is 9.91. The quantitative estimate of drug-likeness (QED) is 0.671. The third-order valence-electron chi connectivity index (χ3n) is 4.89. The van der Waals surface area contributed by atoms with E-state index in [0.717, 1.165) is 16.0 Å². The molecule has 0 spiro atoms. The number of anilines is 2. The lowest BCUT2D eigenvalue weighted by Gasteiger charge is -2.35. The molecule has 1 aliphatic heterocycles. The first kappa shape index (κ1) is 20.1. The average Bonchev–Trinajstić information content (AvgIpc) is 3.22. The van der Waals surface area contributed by atoms with Gasteiger partial charge < -0.3 is 20.4 Å².